The van der Waals surface area contributed by atoms with Gasteiger partial charge in [-0.2, -0.15) is 0 Å². The van der Waals surface area contributed by atoms with Gasteiger partial charge in [-0.1, -0.05) is 15.9 Å². The monoisotopic (exact) mass is 353 g/mol. The van der Waals surface area contributed by atoms with Crippen LogP contribution in [-0.4, -0.2) is 31.1 Å². The number of hydrogen-bond donors (Lipinski definition) is 2. The molecule has 2 rings (SSSR count). The zero-order valence-corrected chi connectivity index (χ0v) is 13.9. The van der Waals surface area contributed by atoms with E-state index in [0.29, 0.717) is 19.1 Å². The smallest absolute Gasteiger partial charge is 0.315 e. The number of halogens is 1. The van der Waals surface area contributed by atoms with Crippen molar-refractivity contribution in [1.82, 2.24) is 10.6 Å². The molecule has 0 atom stereocenters. The first-order valence-electron chi connectivity index (χ1n) is 7.06. The fourth-order valence-corrected chi connectivity index (χ4v) is 2.26. The highest BCUT2D eigenvalue weighted by Gasteiger charge is 2.23. The van der Waals surface area contributed by atoms with Crippen LogP contribution in [0, 0.1) is 6.92 Å². The summed E-state index contributed by atoms with van der Waals surface area (Å²) in [4.78, 5) is 25.0. The van der Waals surface area contributed by atoms with Crippen molar-refractivity contribution < 1.29 is 9.59 Å². The highest BCUT2D eigenvalue weighted by molar-refractivity contribution is 9.10. The van der Waals surface area contributed by atoms with Gasteiger partial charge in [-0.3, -0.25) is 4.79 Å². The summed E-state index contributed by atoms with van der Waals surface area (Å²) in [7, 11) is 0. The van der Waals surface area contributed by atoms with E-state index in [2.05, 4.69) is 26.6 Å². The molecular formula is C15H20BrN3O2. The van der Waals surface area contributed by atoms with Crippen LogP contribution in [0.15, 0.2) is 22.7 Å². The molecule has 21 heavy (non-hydrogen) atoms. The minimum atomic E-state index is -0.159. The summed E-state index contributed by atoms with van der Waals surface area (Å²) in [5, 5.41) is 5.64. The van der Waals surface area contributed by atoms with Crippen LogP contribution in [0.5, 0.6) is 0 Å². The average molecular weight is 354 g/mol. The van der Waals surface area contributed by atoms with Crippen molar-refractivity contribution in [1.29, 1.82) is 0 Å². The van der Waals surface area contributed by atoms with Crippen LogP contribution < -0.4 is 15.5 Å². The summed E-state index contributed by atoms with van der Waals surface area (Å²) < 4.78 is 1.01. The summed E-state index contributed by atoms with van der Waals surface area (Å²) in [5.41, 5.74) is 1.91. The molecule has 1 fully saturated rings. The highest BCUT2D eigenvalue weighted by Crippen LogP contribution is 2.23. The second-order valence-corrected chi connectivity index (χ2v) is 6.13. The Balaban J connectivity index is 1.90. The number of urea groups is 1. The van der Waals surface area contributed by atoms with Gasteiger partial charge in [-0.15, -0.1) is 0 Å². The van der Waals surface area contributed by atoms with Gasteiger partial charge in [0.15, 0.2) is 0 Å². The number of anilines is 1. The van der Waals surface area contributed by atoms with E-state index in [1.165, 1.54) is 6.92 Å². The van der Waals surface area contributed by atoms with Crippen molar-refractivity contribution in [2.24, 2.45) is 0 Å². The molecule has 0 bridgehead atoms. The lowest BCUT2D eigenvalue weighted by molar-refractivity contribution is -0.116. The zero-order valence-electron chi connectivity index (χ0n) is 12.3. The standard InChI is InChI=1S/C15H20BrN3O2/c1-10-9-13(5-6-14(10)16)19(11(2)20)8-7-17-15(21)18-12-3-4-12/h5-6,9,12H,3-4,7-8H2,1-2H3,(H2,17,18,21). The Labute approximate surface area is 133 Å². The molecule has 1 saturated carbocycles. The Kier molecular flexibility index (Phi) is 5.22. The fraction of sp³-hybridized carbons (Fsp3) is 0.467. The Bertz CT molecular complexity index is 544. The van der Waals surface area contributed by atoms with E-state index in [9.17, 15) is 9.59 Å². The molecule has 0 aromatic heterocycles. The van der Waals surface area contributed by atoms with E-state index in [-0.39, 0.29) is 11.9 Å². The number of nitrogens with zero attached hydrogens (tertiary/aromatic N) is 1. The topological polar surface area (TPSA) is 61.4 Å². The van der Waals surface area contributed by atoms with Crippen molar-refractivity contribution >= 4 is 33.6 Å². The maximum absolute atomic E-state index is 11.8. The van der Waals surface area contributed by atoms with E-state index in [1.54, 1.807) is 4.90 Å². The number of rotatable bonds is 5. The van der Waals surface area contributed by atoms with Crippen molar-refractivity contribution in [3.8, 4) is 0 Å². The maximum Gasteiger partial charge on any atom is 0.315 e. The summed E-state index contributed by atoms with van der Waals surface area (Å²) in [6.45, 7) is 4.39. The van der Waals surface area contributed by atoms with Crippen molar-refractivity contribution in [2.75, 3.05) is 18.0 Å². The largest absolute Gasteiger partial charge is 0.336 e. The summed E-state index contributed by atoms with van der Waals surface area (Å²) >= 11 is 3.45. The van der Waals surface area contributed by atoms with E-state index in [0.717, 1.165) is 28.6 Å². The fourth-order valence-electron chi connectivity index (χ4n) is 2.01. The quantitative estimate of drug-likeness (QED) is 0.854. The van der Waals surface area contributed by atoms with Gasteiger partial charge < -0.3 is 15.5 Å². The zero-order chi connectivity index (χ0) is 15.4. The van der Waals surface area contributed by atoms with Crippen LogP contribution in [0.1, 0.15) is 25.3 Å². The summed E-state index contributed by atoms with van der Waals surface area (Å²) in [6.07, 6.45) is 2.12. The lowest BCUT2D eigenvalue weighted by atomic mass is 10.2. The lowest BCUT2D eigenvalue weighted by Gasteiger charge is -2.22. The molecule has 0 heterocycles. The number of aryl methyl sites for hydroxylation is 1. The van der Waals surface area contributed by atoms with Gasteiger partial charge >= 0.3 is 6.03 Å². The molecule has 0 saturated heterocycles. The maximum atomic E-state index is 11.8. The predicted molar refractivity (Wildman–Crippen MR) is 86.5 cm³/mol. The third kappa shape index (κ3) is 4.74. The molecule has 0 unspecified atom stereocenters. The van der Waals surface area contributed by atoms with Crippen molar-refractivity contribution in [3.63, 3.8) is 0 Å². The van der Waals surface area contributed by atoms with Crippen molar-refractivity contribution in [3.05, 3.63) is 28.2 Å². The Morgan fingerprint density at radius 2 is 2.10 bits per heavy atom. The van der Waals surface area contributed by atoms with E-state index < -0.39 is 0 Å². The SMILES string of the molecule is CC(=O)N(CCNC(=O)NC1CC1)c1ccc(Br)c(C)c1. The molecule has 2 N–H and O–H groups in total. The van der Waals surface area contributed by atoms with Gasteiger partial charge in [0.2, 0.25) is 5.91 Å². The van der Waals surface area contributed by atoms with Gasteiger partial charge in [0.1, 0.15) is 0 Å². The molecule has 1 aliphatic rings. The molecule has 1 aromatic carbocycles. The van der Waals surface area contributed by atoms with E-state index >= 15 is 0 Å². The Morgan fingerprint density at radius 3 is 2.67 bits per heavy atom. The number of benzene rings is 1. The second kappa shape index (κ2) is 6.93. The number of carbonyl (C=O) groups is 2. The number of amides is 3. The molecule has 0 radical (unpaired) electrons. The van der Waals surface area contributed by atoms with E-state index in [1.807, 2.05) is 25.1 Å². The summed E-state index contributed by atoms with van der Waals surface area (Å²) in [5.74, 6) is -0.0406. The van der Waals surface area contributed by atoms with Crippen LogP contribution >= 0.6 is 15.9 Å². The predicted octanol–water partition coefficient (Wildman–Crippen LogP) is 2.57. The molecular weight excluding hydrogens is 334 g/mol. The first-order chi connectivity index (χ1) is 9.97. The molecule has 1 aromatic rings. The highest BCUT2D eigenvalue weighted by atomic mass is 79.9. The van der Waals surface area contributed by atoms with Crippen LogP contribution in [-0.2, 0) is 4.79 Å². The Hall–Kier alpha value is -1.56. The third-order valence-corrected chi connectivity index (χ3v) is 4.26. The molecule has 1 aliphatic carbocycles. The molecule has 0 spiro atoms. The Morgan fingerprint density at radius 1 is 1.38 bits per heavy atom. The van der Waals surface area contributed by atoms with Gasteiger partial charge in [0.25, 0.3) is 0 Å². The van der Waals surface area contributed by atoms with Crippen LogP contribution in [0.4, 0.5) is 10.5 Å². The van der Waals surface area contributed by atoms with Gasteiger partial charge in [0, 0.05) is 36.2 Å². The molecule has 114 valence electrons. The average Bonchev–Trinajstić information content (AvgIpc) is 3.21. The number of nitrogens with one attached hydrogen (secondary N) is 2. The summed E-state index contributed by atoms with van der Waals surface area (Å²) in [6, 6.07) is 5.95. The van der Waals surface area contributed by atoms with Gasteiger partial charge in [-0.25, -0.2) is 4.79 Å². The van der Waals surface area contributed by atoms with Crippen LogP contribution in [0.3, 0.4) is 0 Å². The lowest BCUT2D eigenvalue weighted by Crippen LogP contribution is -2.42. The minimum absolute atomic E-state index is 0.0406. The van der Waals surface area contributed by atoms with Crippen LogP contribution in [0.2, 0.25) is 0 Å². The number of carbonyl (C=O) groups excluding carboxylic acids is 2. The molecule has 0 aliphatic heterocycles. The normalized spacial score (nSPS) is 13.7. The first-order valence-corrected chi connectivity index (χ1v) is 7.85. The van der Waals surface area contributed by atoms with Crippen LogP contribution in [0.25, 0.3) is 0 Å². The molecule has 5 nitrogen and oxygen atoms in total. The number of hydrogen-bond acceptors (Lipinski definition) is 2. The molecule has 6 heteroatoms. The second-order valence-electron chi connectivity index (χ2n) is 5.28. The molecule has 3 amide bonds. The van der Waals surface area contributed by atoms with Gasteiger partial charge in [0.05, 0.1) is 0 Å². The first kappa shape index (κ1) is 15.8. The third-order valence-electron chi connectivity index (χ3n) is 3.37. The minimum Gasteiger partial charge on any atom is -0.336 e. The van der Waals surface area contributed by atoms with Gasteiger partial charge in [-0.05, 0) is 43.5 Å². The van der Waals surface area contributed by atoms with E-state index in [4.69, 9.17) is 0 Å². The van der Waals surface area contributed by atoms with Crippen molar-refractivity contribution in [2.45, 2.75) is 32.7 Å².